The first kappa shape index (κ1) is 16.2. The van der Waals surface area contributed by atoms with Crippen LogP contribution in [0.15, 0.2) is 48.5 Å². The van der Waals surface area contributed by atoms with Gasteiger partial charge in [-0.25, -0.2) is 0 Å². The topological polar surface area (TPSA) is 111 Å². The second-order valence-electron chi connectivity index (χ2n) is 4.14. The number of carbonyl (C=O) groups excluding carboxylic acids is 2. The zero-order valence-corrected chi connectivity index (χ0v) is 11.6. The monoisotopic (exact) mass is 286 g/mol. The van der Waals surface area contributed by atoms with Crippen molar-refractivity contribution in [3.05, 3.63) is 60.2 Å². The van der Waals surface area contributed by atoms with Crippen molar-refractivity contribution >= 4 is 17.6 Å². The van der Waals surface area contributed by atoms with E-state index in [1.807, 2.05) is 0 Å². The molecule has 0 saturated heterocycles. The molecule has 0 atom stereocenters. The number of hydrogen-bond donors (Lipinski definition) is 3. The van der Waals surface area contributed by atoms with E-state index in [1.165, 1.54) is 12.1 Å². The molecule has 6 heteroatoms. The molecule has 0 fully saturated rings. The molecule has 1 rings (SSSR count). The van der Waals surface area contributed by atoms with Gasteiger partial charge in [-0.1, -0.05) is 12.2 Å². The average molecular weight is 286 g/mol. The number of hydrogen-bond acceptors (Lipinski definition) is 3. The highest BCUT2D eigenvalue weighted by molar-refractivity contribution is 6.10. The zero-order chi connectivity index (χ0) is 15.8. The van der Waals surface area contributed by atoms with Crippen LogP contribution in [-0.2, 0) is 0 Å². The van der Waals surface area contributed by atoms with Gasteiger partial charge in [0.2, 0.25) is 5.91 Å². The normalized spacial score (nSPS) is 10.8. The second kappa shape index (κ2) is 7.64. The first-order valence-electron chi connectivity index (χ1n) is 6.25. The molecule has 0 unspecified atom stereocenters. The highest BCUT2D eigenvalue weighted by atomic mass is 16.2. The number of rotatable bonds is 7. The Morgan fingerprint density at radius 3 is 2.48 bits per heavy atom. The molecule has 0 aromatic heterocycles. The molecule has 1 aromatic rings. The summed E-state index contributed by atoms with van der Waals surface area (Å²) in [5.41, 5.74) is 12.0. The van der Waals surface area contributed by atoms with Gasteiger partial charge in [0.15, 0.2) is 0 Å². The van der Waals surface area contributed by atoms with Gasteiger partial charge < -0.3 is 16.8 Å². The number of amidine groups is 1. The maximum Gasteiger partial charge on any atom is 0.252 e. The summed E-state index contributed by atoms with van der Waals surface area (Å²) in [5.74, 6) is -0.819. The van der Waals surface area contributed by atoms with Crippen LogP contribution in [0, 0.1) is 0 Å². The molecule has 6 nitrogen and oxygen atoms in total. The lowest BCUT2D eigenvalue weighted by atomic mass is 10.0. The number of nitrogens with two attached hydrogens (primary N) is 2. The van der Waals surface area contributed by atoms with Crippen molar-refractivity contribution in [2.24, 2.45) is 16.5 Å². The summed E-state index contributed by atoms with van der Waals surface area (Å²) >= 11 is 0. The quantitative estimate of drug-likeness (QED) is 0.387. The molecule has 0 saturated carbocycles. The Morgan fingerprint density at radius 1 is 1.19 bits per heavy atom. The van der Waals surface area contributed by atoms with Crippen LogP contribution in [0.1, 0.15) is 26.3 Å². The van der Waals surface area contributed by atoms with E-state index >= 15 is 0 Å². The van der Waals surface area contributed by atoms with Crippen LogP contribution in [0.5, 0.6) is 0 Å². The summed E-state index contributed by atoms with van der Waals surface area (Å²) in [5, 5.41) is 2.63. The van der Waals surface area contributed by atoms with Gasteiger partial charge in [-0.3, -0.25) is 14.6 Å². The van der Waals surface area contributed by atoms with Gasteiger partial charge in [0, 0.05) is 17.7 Å². The fourth-order valence-corrected chi connectivity index (χ4v) is 1.62. The Labute approximate surface area is 123 Å². The van der Waals surface area contributed by atoms with Crippen molar-refractivity contribution in [1.82, 2.24) is 5.32 Å². The van der Waals surface area contributed by atoms with Crippen molar-refractivity contribution in [2.45, 2.75) is 0 Å². The molecule has 0 aliphatic rings. The lowest BCUT2D eigenvalue weighted by Gasteiger charge is -2.10. The highest BCUT2D eigenvalue weighted by Gasteiger charge is 2.15. The van der Waals surface area contributed by atoms with Gasteiger partial charge in [-0.15, -0.1) is 13.2 Å². The molecule has 0 heterocycles. The number of nitrogens with one attached hydrogen (secondary N) is 1. The molecule has 1 aromatic carbocycles. The van der Waals surface area contributed by atoms with Gasteiger partial charge in [0.05, 0.1) is 12.1 Å². The van der Waals surface area contributed by atoms with Crippen LogP contribution in [0.4, 0.5) is 0 Å². The van der Waals surface area contributed by atoms with Crippen molar-refractivity contribution in [1.29, 1.82) is 0 Å². The molecule has 110 valence electrons. The van der Waals surface area contributed by atoms with Gasteiger partial charge in [-0.05, 0) is 18.2 Å². The summed E-state index contributed by atoms with van der Waals surface area (Å²) < 4.78 is 0. The Bertz CT molecular complexity index is 606. The molecule has 2 amide bonds. The fourth-order valence-electron chi connectivity index (χ4n) is 1.62. The second-order valence-corrected chi connectivity index (χ2v) is 4.14. The van der Waals surface area contributed by atoms with Crippen LogP contribution in [-0.4, -0.2) is 30.7 Å². The molecule has 0 aliphatic carbocycles. The fraction of sp³-hybridized carbons (Fsp3) is 0.133. The smallest absolute Gasteiger partial charge is 0.252 e. The standard InChI is InChI=1S/C15H18N4O2/c1-3-7-18-13(16)11-6-5-10(14(17)20)9-12(11)15(21)19-8-4-2/h3-6,9H,1-2,7-8H2,(H2,16,18)(H2,17,20)(H,19,21). The predicted octanol–water partition coefficient (Wildman–Crippen LogP) is 0.593. The Morgan fingerprint density at radius 2 is 1.90 bits per heavy atom. The molecular weight excluding hydrogens is 268 g/mol. The summed E-state index contributed by atoms with van der Waals surface area (Å²) in [6, 6.07) is 4.44. The van der Waals surface area contributed by atoms with E-state index in [-0.39, 0.29) is 22.9 Å². The van der Waals surface area contributed by atoms with E-state index in [0.717, 1.165) is 0 Å². The van der Waals surface area contributed by atoms with Crippen molar-refractivity contribution < 1.29 is 9.59 Å². The predicted molar refractivity (Wildman–Crippen MR) is 83.3 cm³/mol. The SMILES string of the molecule is C=CCN=C(N)c1ccc(C(N)=O)cc1C(=O)NCC=C. The van der Waals surface area contributed by atoms with E-state index in [0.29, 0.717) is 18.7 Å². The van der Waals surface area contributed by atoms with Crippen LogP contribution < -0.4 is 16.8 Å². The third kappa shape index (κ3) is 4.31. The van der Waals surface area contributed by atoms with Gasteiger partial charge in [-0.2, -0.15) is 0 Å². The van der Waals surface area contributed by atoms with E-state index < -0.39 is 5.91 Å². The minimum atomic E-state index is -0.624. The third-order valence-corrected chi connectivity index (χ3v) is 2.62. The number of carbonyl (C=O) groups is 2. The molecule has 21 heavy (non-hydrogen) atoms. The summed E-state index contributed by atoms with van der Waals surface area (Å²) in [6.07, 6.45) is 3.13. The number of benzene rings is 1. The van der Waals surface area contributed by atoms with E-state index in [2.05, 4.69) is 23.5 Å². The molecule has 0 aliphatic heterocycles. The first-order valence-corrected chi connectivity index (χ1v) is 6.25. The molecule has 5 N–H and O–H groups in total. The molecular formula is C15H18N4O2. The minimum Gasteiger partial charge on any atom is -0.383 e. The molecule has 0 radical (unpaired) electrons. The Balaban J connectivity index is 3.28. The summed E-state index contributed by atoms with van der Waals surface area (Å²) in [7, 11) is 0. The number of primary amides is 1. The van der Waals surface area contributed by atoms with Crippen LogP contribution >= 0.6 is 0 Å². The molecule has 0 bridgehead atoms. The maximum absolute atomic E-state index is 12.1. The van der Waals surface area contributed by atoms with E-state index in [1.54, 1.807) is 18.2 Å². The average Bonchev–Trinajstić information content (AvgIpc) is 2.49. The Kier molecular flexibility index (Phi) is 5.88. The Hall–Kier alpha value is -2.89. The minimum absolute atomic E-state index is 0.190. The van der Waals surface area contributed by atoms with Gasteiger partial charge in [0.25, 0.3) is 5.91 Å². The van der Waals surface area contributed by atoms with Crippen molar-refractivity contribution in [3.8, 4) is 0 Å². The third-order valence-electron chi connectivity index (χ3n) is 2.62. The number of amides is 2. The van der Waals surface area contributed by atoms with E-state index in [9.17, 15) is 9.59 Å². The summed E-state index contributed by atoms with van der Waals surface area (Å²) in [6.45, 7) is 7.69. The lowest BCUT2D eigenvalue weighted by molar-refractivity contribution is 0.0958. The number of aliphatic imine (C=N–C) groups is 1. The maximum atomic E-state index is 12.1. The summed E-state index contributed by atoms with van der Waals surface area (Å²) in [4.78, 5) is 27.4. The van der Waals surface area contributed by atoms with Gasteiger partial charge in [0.1, 0.15) is 5.84 Å². The first-order chi connectivity index (χ1) is 10.0. The highest BCUT2D eigenvalue weighted by Crippen LogP contribution is 2.12. The van der Waals surface area contributed by atoms with Crippen molar-refractivity contribution in [3.63, 3.8) is 0 Å². The zero-order valence-electron chi connectivity index (χ0n) is 11.6. The van der Waals surface area contributed by atoms with Crippen LogP contribution in [0.3, 0.4) is 0 Å². The van der Waals surface area contributed by atoms with Gasteiger partial charge >= 0.3 is 0 Å². The number of nitrogens with zero attached hydrogens (tertiary/aromatic N) is 1. The van der Waals surface area contributed by atoms with Crippen LogP contribution in [0.2, 0.25) is 0 Å². The van der Waals surface area contributed by atoms with E-state index in [4.69, 9.17) is 11.5 Å². The van der Waals surface area contributed by atoms with Crippen molar-refractivity contribution in [2.75, 3.05) is 13.1 Å². The lowest BCUT2D eigenvalue weighted by Crippen LogP contribution is -2.28. The molecule has 0 spiro atoms. The largest absolute Gasteiger partial charge is 0.383 e. The van der Waals surface area contributed by atoms with Crippen LogP contribution in [0.25, 0.3) is 0 Å².